The van der Waals surface area contributed by atoms with Gasteiger partial charge in [0.1, 0.15) is 11.6 Å². The minimum atomic E-state index is -0.351. The first kappa shape index (κ1) is 19.2. The summed E-state index contributed by atoms with van der Waals surface area (Å²) in [6.45, 7) is 14.4. The maximum atomic E-state index is 12.4. The molecule has 0 saturated carbocycles. The smallest absolute Gasteiger partial charge is 0.266 e. The van der Waals surface area contributed by atoms with Crippen LogP contribution in [0, 0.1) is 11.3 Å². The van der Waals surface area contributed by atoms with Crippen molar-refractivity contribution in [2.75, 3.05) is 18.4 Å². The fourth-order valence-electron chi connectivity index (χ4n) is 2.09. The van der Waals surface area contributed by atoms with Crippen LogP contribution in [0.1, 0.15) is 26.3 Å². The highest BCUT2D eigenvalue weighted by Crippen LogP contribution is 2.23. The molecule has 126 valence electrons. The summed E-state index contributed by atoms with van der Waals surface area (Å²) >= 11 is 0. The van der Waals surface area contributed by atoms with Crippen LogP contribution >= 0.6 is 0 Å². The van der Waals surface area contributed by atoms with E-state index in [0.717, 1.165) is 5.69 Å². The van der Waals surface area contributed by atoms with Crippen LogP contribution in [-0.4, -0.2) is 23.9 Å². The van der Waals surface area contributed by atoms with E-state index in [2.05, 4.69) is 39.2 Å². The van der Waals surface area contributed by atoms with Crippen molar-refractivity contribution in [3.63, 3.8) is 0 Å². The number of amides is 1. The molecule has 24 heavy (non-hydrogen) atoms. The van der Waals surface area contributed by atoms with Gasteiger partial charge in [0.15, 0.2) is 0 Å². The van der Waals surface area contributed by atoms with Gasteiger partial charge in [0.2, 0.25) is 0 Å². The van der Waals surface area contributed by atoms with Crippen LogP contribution in [0.2, 0.25) is 0 Å². The van der Waals surface area contributed by atoms with E-state index in [9.17, 15) is 10.1 Å². The third-order valence-electron chi connectivity index (χ3n) is 3.47. The van der Waals surface area contributed by atoms with Crippen LogP contribution in [0.4, 0.5) is 5.69 Å². The molecule has 0 heterocycles. The van der Waals surface area contributed by atoms with E-state index in [1.807, 2.05) is 30.3 Å². The molecular weight excluding hydrogens is 298 g/mol. The van der Waals surface area contributed by atoms with E-state index in [1.165, 1.54) is 16.7 Å². The minimum absolute atomic E-state index is 0.0404. The topological polar surface area (TPSA) is 56.1 Å². The fraction of sp³-hybridized carbons (Fsp3) is 0.300. The Morgan fingerprint density at radius 3 is 2.17 bits per heavy atom. The first-order chi connectivity index (χ1) is 11.3. The number of rotatable bonds is 7. The Labute approximate surface area is 144 Å². The van der Waals surface area contributed by atoms with Crippen LogP contribution in [0.15, 0.2) is 61.3 Å². The molecule has 1 amide bonds. The number of anilines is 1. The molecule has 0 saturated heterocycles. The van der Waals surface area contributed by atoms with Gasteiger partial charge >= 0.3 is 0 Å². The summed E-state index contributed by atoms with van der Waals surface area (Å²) in [6.07, 6.45) is 4.68. The van der Waals surface area contributed by atoms with Crippen molar-refractivity contribution >= 4 is 11.6 Å². The summed E-state index contributed by atoms with van der Waals surface area (Å²) in [5.41, 5.74) is 2.16. The quantitative estimate of drug-likeness (QED) is 0.469. The number of carbonyl (C=O) groups excluding carboxylic acids is 1. The lowest BCUT2D eigenvalue weighted by atomic mass is 9.87. The van der Waals surface area contributed by atoms with E-state index in [0.29, 0.717) is 13.1 Å². The van der Waals surface area contributed by atoms with Crippen molar-refractivity contribution in [2.45, 2.75) is 26.2 Å². The molecule has 0 aliphatic carbocycles. The number of carbonyl (C=O) groups is 1. The number of nitriles is 1. The number of nitrogens with zero attached hydrogens (tertiary/aromatic N) is 2. The van der Waals surface area contributed by atoms with Gasteiger partial charge in [-0.25, -0.2) is 0 Å². The minimum Gasteiger partial charge on any atom is -0.360 e. The highest BCUT2D eigenvalue weighted by atomic mass is 16.2. The van der Waals surface area contributed by atoms with Gasteiger partial charge in [0, 0.05) is 25.0 Å². The maximum Gasteiger partial charge on any atom is 0.266 e. The molecule has 0 bridgehead atoms. The maximum absolute atomic E-state index is 12.4. The summed E-state index contributed by atoms with van der Waals surface area (Å²) in [5.74, 6) is -0.351. The van der Waals surface area contributed by atoms with Crippen LogP contribution in [0.25, 0.3) is 0 Å². The van der Waals surface area contributed by atoms with Gasteiger partial charge in [-0.15, -0.1) is 13.2 Å². The Morgan fingerprint density at radius 1 is 1.21 bits per heavy atom. The van der Waals surface area contributed by atoms with Crippen LogP contribution in [0.3, 0.4) is 0 Å². The SMILES string of the molecule is C=CCN(CC=C)C(=O)/C(C#N)=C\Nc1ccc(C(C)(C)C)cc1. The second-order valence-corrected chi connectivity index (χ2v) is 6.43. The molecule has 1 aromatic rings. The summed E-state index contributed by atoms with van der Waals surface area (Å²) in [6, 6.07) is 9.88. The molecule has 0 atom stereocenters. The third-order valence-corrected chi connectivity index (χ3v) is 3.47. The summed E-state index contributed by atoms with van der Waals surface area (Å²) in [4.78, 5) is 13.9. The van der Waals surface area contributed by atoms with Gasteiger partial charge < -0.3 is 10.2 Å². The van der Waals surface area contributed by atoms with Crippen molar-refractivity contribution < 1.29 is 4.79 Å². The summed E-state index contributed by atoms with van der Waals surface area (Å²) in [5, 5.41) is 12.3. The van der Waals surface area contributed by atoms with Gasteiger partial charge in [-0.2, -0.15) is 5.26 Å². The number of hydrogen-bond acceptors (Lipinski definition) is 3. The molecule has 0 aliphatic rings. The molecule has 4 nitrogen and oxygen atoms in total. The Balaban J connectivity index is 2.89. The highest BCUT2D eigenvalue weighted by Gasteiger charge is 2.16. The lowest BCUT2D eigenvalue weighted by Crippen LogP contribution is -2.32. The van der Waals surface area contributed by atoms with E-state index in [4.69, 9.17) is 0 Å². The van der Waals surface area contributed by atoms with E-state index in [1.54, 1.807) is 12.2 Å². The largest absolute Gasteiger partial charge is 0.360 e. The molecule has 0 spiro atoms. The predicted molar refractivity (Wildman–Crippen MR) is 99.4 cm³/mol. The molecule has 0 aliphatic heterocycles. The van der Waals surface area contributed by atoms with Crippen LogP contribution in [0.5, 0.6) is 0 Å². The average molecular weight is 323 g/mol. The number of benzene rings is 1. The zero-order chi connectivity index (χ0) is 18.2. The molecule has 0 aromatic heterocycles. The molecule has 1 rings (SSSR count). The van der Waals surface area contributed by atoms with Crippen molar-refractivity contribution in [1.82, 2.24) is 4.90 Å². The first-order valence-electron chi connectivity index (χ1n) is 7.82. The first-order valence-corrected chi connectivity index (χ1v) is 7.82. The summed E-state index contributed by atoms with van der Waals surface area (Å²) < 4.78 is 0. The van der Waals surface area contributed by atoms with Crippen LogP contribution in [-0.2, 0) is 10.2 Å². The predicted octanol–water partition coefficient (Wildman–Crippen LogP) is 4.00. The number of hydrogen-bond donors (Lipinski definition) is 1. The average Bonchev–Trinajstić information content (AvgIpc) is 2.54. The molecular formula is C20H25N3O. The Hall–Kier alpha value is -2.80. The van der Waals surface area contributed by atoms with Crippen molar-refractivity contribution in [2.24, 2.45) is 0 Å². The molecule has 1 N–H and O–H groups in total. The van der Waals surface area contributed by atoms with Gasteiger partial charge in [-0.3, -0.25) is 4.79 Å². The summed E-state index contributed by atoms with van der Waals surface area (Å²) in [7, 11) is 0. The lowest BCUT2D eigenvalue weighted by Gasteiger charge is -2.19. The lowest BCUT2D eigenvalue weighted by molar-refractivity contribution is -0.125. The van der Waals surface area contributed by atoms with E-state index >= 15 is 0 Å². The molecule has 4 heteroatoms. The molecule has 0 unspecified atom stereocenters. The van der Waals surface area contributed by atoms with E-state index in [-0.39, 0.29) is 16.9 Å². The molecule has 0 radical (unpaired) electrons. The van der Waals surface area contributed by atoms with Gasteiger partial charge in [0.05, 0.1) is 0 Å². The van der Waals surface area contributed by atoms with Crippen molar-refractivity contribution in [3.05, 3.63) is 66.9 Å². The number of nitrogens with one attached hydrogen (secondary N) is 1. The second-order valence-electron chi connectivity index (χ2n) is 6.43. The Bertz CT molecular complexity index is 648. The van der Waals surface area contributed by atoms with Crippen molar-refractivity contribution in [1.29, 1.82) is 5.26 Å². The van der Waals surface area contributed by atoms with Gasteiger partial charge in [-0.1, -0.05) is 45.1 Å². The Morgan fingerprint density at radius 2 is 1.75 bits per heavy atom. The second kappa shape index (κ2) is 8.73. The standard InChI is InChI=1S/C20H25N3O/c1-6-12-23(13-7-2)19(24)16(14-21)15-22-18-10-8-17(9-11-18)20(3,4)5/h6-11,15,22H,1-2,12-13H2,3-5H3/b16-15-. The zero-order valence-corrected chi connectivity index (χ0v) is 14.7. The van der Waals surface area contributed by atoms with Gasteiger partial charge in [-0.05, 0) is 23.1 Å². The molecule has 1 aromatic carbocycles. The molecule has 0 fully saturated rings. The highest BCUT2D eigenvalue weighted by molar-refractivity contribution is 5.97. The normalized spacial score (nSPS) is 11.3. The van der Waals surface area contributed by atoms with Crippen LogP contribution < -0.4 is 5.32 Å². The van der Waals surface area contributed by atoms with Crippen molar-refractivity contribution in [3.8, 4) is 6.07 Å². The van der Waals surface area contributed by atoms with E-state index < -0.39 is 0 Å². The monoisotopic (exact) mass is 323 g/mol. The fourth-order valence-corrected chi connectivity index (χ4v) is 2.09. The zero-order valence-electron chi connectivity index (χ0n) is 14.7. The third kappa shape index (κ3) is 5.44. The van der Waals surface area contributed by atoms with Gasteiger partial charge in [0.25, 0.3) is 5.91 Å². The Kier molecular flexibility index (Phi) is 7.00.